The summed E-state index contributed by atoms with van der Waals surface area (Å²) in [5, 5.41) is 1.82. The first kappa shape index (κ1) is 13.2. The first-order valence-electron chi connectivity index (χ1n) is 6.06. The molecule has 0 spiro atoms. The SMILES string of the molecule is COc1ccc(Cl)c2c(C(C)C)c(CN)n(C)c12. The molecule has 4 heteroatoms. The Hall–Kier alpha value is -1.19. The average molecular weight is 267 g/mol. The fourth-order valence-corrected chi connectivity index (χ4v) is 2.88. The third kappa shape index (κ3) is 1.78. The van der Waals surface area contributed by atoms with Crippen LogP contribution in [0.3, 0.4) is 0 Å². The Labute approximate surface area is 112 Å². The van der Waals surface area contributed by atoms with Crippen LogP contribution in [0.1, 0.15) is 31.0 Å². The molecule has 1 heterocycles. The quantitative estimate of drug-likeness (QED) is 0.925. The number of halogens is 1. The van der Waals surface area contributed by atoms with E-state index in [2.05, 4.69) is 18.4 Å². The van der Waals surface area contributed by atoms with Crippen LogP contribution in [0.25, 0.3) is 10.9 Å². The maximum absolute atomic E-state index is 6.37. The van der Waals surface area contributed by atoms with Gasteiger partial charge in [0.05, 0.1) is 17.6 Å². The Balaban J connectivity index is 2.98. The van der Waals surface area contributed by atoms with Gasteiger partial charge in [-0.15, -0.1) is 0 Å². The van der Waals surface area contributed by atoms with E-state index in [1.165, 1.54) is 5.56 Å². The molecule has 0 unspecified atom stereocenters. The molecule has 2 aromatic rings. The minimum absolute atomic E-state index is 0.372. The average Bonchev–Trinajstić information content (AvgIpc) is 2.64. The van der Waals surface area contributed by atoms with Gasteiger partial charge in [0.25, 0.3) is 0 Å². The molecule has 0 radical (unpaired) electrons. The normalized spacial score (nSPS) is 11.5. The van der Waals surface area contributed by atoms with Crippen LogP contribution in [0.5, 0.6) is 5.75 Å². The van der Waals surface area contributed by atoms with Crippen LogP contribution in [-0.4, -0.2) is 11.7 Å². The molecule has 98 valence electrons. The smallest absolute Gasteiger partial charge is 0.143 e. The van der Waals surface area contributed by atoms with Crippen LogP contribution in [0.2, 0.25) is 5.02 Å². The highest BCUT2D eigenvalue weighted by atomic mass is 35.5. The fourth-order valence-electron chi connectivity index (χ4n) is 2.63. The summed E-state index contributed by atoms with van der Waals surface area (Å²) in [6.45, 7) is 4.81. The lowest BCUT2D eigenvalue weighted by Crippen LogP contribution is -2.06. The Bertz CT molecular complexity index is 587. The van der Waals surface area contributed by atoms with Crippen molar-refractivity contribution in [2.24, 2.45) is 12.8 Å². The van der Waals surface area contributed by atoms with Crippen LogP contribution in [-0.2, 0) is 13.6 Å². The number of nitrogens with zero attached hydrogens (tertiary/aromatic N) is 1. The predicted molar refractivity (Wildman–Crippen MR) is 76.5 cm³/mol. The largest absolute Gasteiger partial charge is 0.495 e. The van der Waals surface area contributed by atoms with Gasteiger partial charge in [0.1, 0.15) is 5.75 Å². The van der Waals surface area contributed by atoms with Gasteiger partial charge in [0, 0.05) is 24.7 Å². The van der Waals surface area contributed by atoms with E-state index in [4.69, 9.17) is 22.1 Å². The lowest BCUT2D eigenvalue weighted by molar-refractivity contribution is 0.417. The summed E-state index contributed by atoms with van der Waals surface area (Å²) >= 11 is 6.37. The first-order chi connectivity index (χ1) is 8.52. The lowest BCUT2D eigenvalue weighted by atomic mass is 9.99. The standard InChI is InChI=1S/C14H19ClN2O/c1-8(2)12-10(7-16)17(3)14-11(18-4)6-5-9(15)13(12)14/h5-6,8H,7,16H2,1-4H3. The molecule has 2 rings (SSSR count). The highest BCUT2D eigenvalue weighted by molar-refractivity contribution is 6.36. The van der Waals surface area contributed by atoms with Gasteiger partial charge in [-0.1, -0.05) is 25.4 Å². The van der Waals surface area contributed by atoms with Crippen molar-refractivity contribution < 1.29 is 4.74 Å². The minimum atomic E-state index is 0.372. The van der Waals surface area contributed by atoms with Crippen LogP contribution in [0, 0.1) is 0 Å². The van der Waals surface area contributed by atoms with E-state index >= 15 is 0 Å². The zero-order valence-electron chi connectivity index (χ0n) is 11.2. The number of benzene rings is 1. The summed E-state index contributed by atoms with van der Waals surface area (Å²) in [6.07, 6.45) is 0. The topological polar surface area (TPSA) is 40.2 Å². The number of aryl methyl sites for hydroxylation is 1. The van der Waals surface area contributed by atoms with Crippen molar-refractivity contribution in [3.63, 3.8) is 0 Å². The first-order valence-corrected chi connectivity index (χ1v) is 6.44. The molecule has 0 aliphatic rings. The fraction of sp³-hybridized carbons (Fsp3) is 0.429. The van der Waals surface area contributed by atoms with Gasteiger partial charge in [-0.3, -0.25) is 0 Å². The molecule has 1 aromatic heterocycles. The van der Waals surface area contributed by atoms with E-state index in [0.29, 0.717) is 12.5 Å². The number of fused-ring (bicyclic) bond motifs is 1. The molecule has 0 fully saturated rings. The summed E-state index contributed by atoms with van der Waals surface area (Å²) in [4.78, 5) is 0. The van der Waals surface area contributed by atoms with Crippen molar-refractivity contribution >= 4 is 22.5 Å². The molecular weight excluding hydrogens is 248 g/mol. The van der Waals surface area contributed by atoms with Crippen molar-refractivity contribution in [1.82, 2.24) is 4.57 Å². The van der Waals surface area contributed by atoms with Gasteiger partial charge in [0.2, 0.25) is 0 Å². The lowest BCUT2D eigenvalue weighted by Gasteiger charge is -2.08. The van der Waals surface area contributed by atoms with Crippen molar-refractivity contribution in [2.75, 3.05) is 7.11 Å². The number of rotatable bonds is 3. The predicted octanol–water partition coefficient (Wildman–Crippen LogP) is 3.42. The van der Waals surface area contributed by atoms with Crippen molar-refractivity contribution in [3.05, 3.63) is 28.4 Å². The molecule has 0 saturated carbocycles. The van der Waals surface area contributed by atoms with Crippen LogP contribution < -0.4 is 10.5 Å². The molecule has 2 N–H and O–H groups in total. The summed E-state index contributed by atoms with van der Waals surface area (Å²) in [7, 11) is 3.68. The van der Waals surface area contributed by atoms with E-state index in [1.54, 1.807) is 7.11 Å². The second kappa shape index (κ2) is 4.82. The third-order valence-corrected chi connectivity index (χ3v) is 3.72. The Morgan fingerprint density at radius 3 is 2.56 bits per heavy atom. The number of ether oxygens (including phenoxy) is 1. The number of methoxy groups -OCH3 is 1. The van der Waals surface area contributed by atoms with Crippen molar-refractivity contribution in [1.29, 1.82) is 0 Å². The molecule has 0 atom stereocenters. The molecule has 1 aromatic carbocycles. The van der Waals surface area contributed by atoms with Gasteiger partial charge in [-0.05, 0) is 23.6 Å². The molecule has 0 aliphatic carbocycles. The van der Waals surface area contributed by atoms with Crippen LogP contribution in [0.4, 0.5) is 0 Å². The number of nitrogens with two attached hydrogens (primary N) is 1. The van der Waals surface area contributed by atoms with Gasteiger partial charge < -0.3 is 15.0 Å². The van der Waals surface area contributed by atoms with E-state index in [9.17, 15) is 0 Å². The number of hydrogen-bond donors (Lipinski definition) is 1. The summed E-state index contributed by atoms with van der Waals surface area (Å²) < 4.78 is 7.53. The molecule has 0 amide bonds. The zero-order valence-corrected chi connectivity index (χ0v) is 12.0. The second-order valence-electron chi connectivity index (χ2n) is 4.75. The molecular formula is C14H19ClN2O. The maximum atomic E-state index is 6.37. The second-order valence-corrected chi connectivity index (χ2v) is 5.16. The monoisotopic (exact) mass is 266 g/mol. The Morgan fingerprint density at radius 1 is 1.39 bits per heavy atom. The number of hydrogen-bond acceptors (Lipinski definition) is 2. The summed E-state index contributed by atoms with van der Waals surface area (Å²) in [5.74, 6) is 1.20. The highest BCUT2D eigenvalue weighted by Crippen LogP contribution is 2.40. The van der Waals surface area contributed by atoms with E-state index < -0.39 is 0 Å². The van der Waals surface area contributed by atoms with E-state index in [1.807, 2.05) is 19.2 Å². The van der Waals surface area contributed by atoms with Gasteiger partial charge in [-0.2, -0.15) is 0 Å². The third-order valence-electron chi connectivity index (χ3n) is 3.40. The van der Waals surface area contributed by atoms with Crippen LogP contribution in [0.15, 0.2) is 12.1 Å². The number of aromatic nitrogens is 1. The van der Waals surface area contributed by atoms with Gasteiger partial charge >= 0.3 is 0 Å². The molecule has 3 nitrogen and oxygen atoms in total. The minimum Gasteiger partial charge on any atom is -0.495 e. The van der Waals surface area contributed by atoms with Crippen molar-refractivity contribution in [2.45, 2.75) is 26.3 Å². The summed E-state index contributed by atoms with van der Waals surface area (Å²) in [6, 6.07) is 3.78. The molecule has 18 heavy (non-hydrogen) atoms. The summed E-state index contributed by atoms with van der Waals surface area (Å²) in [5.41, 5.74) is 9.25. The van der Waals surface area contributed by atoms with E-state index in [-0.39, 0.29) is 0 Å². The van der Waals surface area contributed by atoms with Gasteiger partial charge in [-0.25, -0.2) is 0 Å². The van der Waals surface area contributed by atoms with Crippen molar-refractivity contribution in [3.8, 4) is 5.75 Å². The Kier molecular flexibility index (Phi) is 3.55. The van der Waals surface area contributed by atoms with Crippen LogP contribution >= 0.6 is 11.6 Å². The van der Waals surface area contributed by atoms with E-state index in [0.717, 1.165) is 27.4 Å². The molecule has 0 bridgehead atoms. The van der Waals surface area contributed by atoms with Gasteiger partial charge in [0.15, 0.2) is 0 Å². The highest BCUT2D eigenvalue weighted by Gasteiger charge is 2.21. The zero-order chi connectivity index (χ0) is 13.4. The molecule has 0 saturated heterocycles. The molecule has 0 aliphatic heterocycles. The maximum Gasteiger partial charge on any atom is 0.143 e. The Morgan fingerprint density at radius 2 is 2.06 bits per heavy atom.